The van der Waals surface area contributed by atoms with Crippen molar-refractivity contribution in [3.05, 3.63) is 53.3 Å². The lowest BCUT2D eigenvalue weighted by atomic mass is 9.94. The SMILES string of the molecule is CCOC(=O)C1=C(OC)[C@@H](C(C)C)O[C@@]1(C)/C=C/c1ccccc1. The molecule has 0 spiro atoms. The van der Waals surface area contributed by atoms with Gasteiger partial charge in [-0.05, 0) is 31.4 Å². The molecular formula is C20H26O4. The van der Waals surface area contributed by atoms with E-state index in [-0.39, 0.29) is 12.0 Å². The van der Waals surface area contributed by atoms with Crippen molar-refractivity contribution in [1.29, 1.82) is 0 Å². The number of benzene rings is 1. The third kappa shape index (κ3) is 3.70. The number of rotatable bonds is 6. The number of carbonyl (C=O) groups excluding carboxylic acids is 1. The molecule has 0 saturated carbocycles. The predicted octanol–water partition coefficient (Wildman–Crippen LogP) is 3.98. The van der Waals surface area contributed by atoms with E-state index in [1.165, 1.54) is 0 Å². The highest BCUT2D eigenvalue weighted by Gasteiger charge is 2.48. The van der Waals surface area contributed by atoms with Gasteiger partial charge in [0.25, 0.3) is 0 Å². The zero-order valence-corrected chi connectivity index (χ0v) is 15.0. The van der Waals surface area contributed by atoms with Gasteiger partial charge in [-0.25, -0.2) is 4.79 Å². The number of carbonyl (C=O) groups is 1. The number of esters is 1. The largest absolute Gasteiger partial charge is 0.498 e. The normalized spacial score (nSPS) is 24.0. The van der Waals surface area contributed by atoms with E-state index >= 15 is 0 Å². The zero-order chi connectivity index (χ0) is 17.7. The van der Waals surface area contributed by atoms with Gasteiger partial charge in [-0.1, -0.05) is 50.3 Å². The van der Waals surface area contributed by atoms with E-state index in [1.54, 1.807) is 14.0 Å². The first-order valence-electron chi connectivity index (χ1n) is 8.30. The summed E-state index contributed by atoms with van der Waals surface area (Å²) in [5.41, 5.74) is 0.595. The molecule has 2 rings (SSSR count). The van der Waals surface area contributed by atoms with Gasteiger partial charge in [-0.3, -0.25) is 0 Å². The van der Waals surface area contributed by atoms with Crippen LogP contribution in [0.2, 0.25) is 0 Å². The first kappa shape index (κ1) is 18.3. The Hall–Kier alpha value is -2.07. The standard InChI is InChI=1S/C20H26O4/c1-6-23-19(21)16-18(22-5)17(14(2)3)24-20(16,4)13-12-15-10-8-7-9-11-15/h7-14,17H,6H2,1-5H3/b13-12+/t17-,20+/m1/s1. The molecule has 0 aromatic heterocycles. The average molecular weight is 330 g/mol. The molecule has 2 atom stereocenters. The Morgan fingerprint density at radius 2 is 2.00 bits per heavy atom. The van der Waals surface area contributed by atoms with Gasteiger partial charge in [0.1, 0.15) is 23.0 Å². The van der Waals surface area contributed by atoms with E-state index < -0.39 is 11.6 Å². The van der Waals surface area contributed by atoms with E-state index in [0.717, 1.165) is 5.56 Å². The van der Waals surface area contributed by atoms with E-state index in [4.69, 9.17) is 14.2 Å². The van der Waals surface area contributed by atoms with Crippen LogP contribution in [0.15, 0.2) is 47.7 Å². The molecule has 1 aromatic rings. The highest BCUT2D eigenvalue weighted by molar-refractivity contribution is 5.93. The quantitative estimate of drug-likeness (QED) is 0.740. The van der Waals surface area contributed by atoms with Crippen molar-refractivity contribution in [3.63, 3.8) is 0 Å². The highest BCUT2D eigenvalue weighted by Crippen LogP contribution is 2.41. The summed E-state index contributed by atoms with van der Waals surface area (Å²) in [5, 5.41) is 0. The summed E-state index contributed by atoms with van der Waals surface area (Å²) in [6.45, 7) is 8.06. The van der Waals surface area contributed by atoms with E-state index in [0.29, 0.717) is 17.9 Å². The van der Waals surface area contributed by atoms with Crippen LogP contribution in [-0.4, -0.2) is 31.4 Å². The van der Waals surface area contributed by atoms with Crippen molar-refractivity contribution in [1.82, 2.24) is 0 Å². The molecular weight excluding hydrogens is 304 g/mol. The molecule has 1 aliphatic heterocycles. The molecule has 0 N–H and O–H groups in total. The van der Waals surface area contributed by atoms with Crippen molar-refractivity contribution < 1.29 is 19.0 Å². The molecule has 130 valence electrons. The maximum Gasteiger partial charge on any atom is 0.340 e. The minimum absolute atomic E-state index is 0.177. The molecule has 0 amide bonds. The fourth-order valence-electron chi connectivity index (χ4n) is 2.87. The van der Waals surface area contributed by atoms with Gasteiger partial charge in [0.05, 0.1) is 13.7 Å². The van der Waals surface area contributed by atoms with Crippen LogP contribution in [0.3, 0.4) is 0 Å². The molecule has 4 nitrogen and oxygen atoms in total. The van der Waals surface area contributed by atoms with Crippen LogP contribution in [0.5, 0.6) is 0 Å². The summed E-state index contributed by atoms with van der Waals surface area (Å²) in [4.78, 5) is 12.5. The molecule has 24 heavy (non-hydrogen) atoms. The summed E-state index contributed by atoms with van der Waals surface area (Å²) in [5.74, 6) is 0.345. The summed E-state index contributed by atoms with van der Waals surface area (Å²) >= 11 is 0. The molecule has 1 aliphatic rings. The minimum atomic E-state index is -0.887. The second kappa shape index (κ2) is 7.67. The maximum atomic E-state index is 12.5. The molecule has 1 aromatic carbocycles. The Kier molecular flexibility index (Phi) is 5.84. The minimum Gasteiger partial charge on any atom is -0.498 e. The molecule has 0 saturated heterocycles. The Morgan fingerprint density at radius 1 is 1.33 bits per heavy atom. The lowest BCUT2D eigenvalue weighted by Gasteiger charge is -2.25. The van der Waals surface area contributed by atoms with Crippen LogP contribution in [0.4, 0.5) is 0 Å². The van der Waals surface area contributed by atoms with E-state index in [2.05, 4.69) is 0 Å². The van der Waals surface area contributed by atoms with Gasteiger partial charge in [-0.2, -0.15) is 0 Å². The molecule has 0 fully saturated rings. The van der Waals surface area contributed by atoms with Crippen molar-refractivity contribution in [2.75, 3.05) is 13.7 Å². The van der Waals surface area contributed by atoms with Crippen molar-refractivity contribution in [2.24, 2.45) is 5.92 Å². The molecule has 0 unspecified atom stereocenters. The lowest BCUT2D eigenvalue weighted by Crippen LogP contribution is -2.31. The molecule has 4 heteroatoms. The zero-order valence-electron chi connectivity index (χ0n) is 15.0. The first-order valence-corrected chi connectivity index (χ1v) is 8.30. The lowest BCUT2D eigenvalue weighted by molar-refractivity contribution is -0.140. The summed E-state index contributed by atoms with van der Waals surface area (Å²) < 4.78 is 17.0. The fourth-order valence-corrected chi connectivity index (χ4v) is 2.87. The fraction of sp³-hybridized carbons (Fsp3) is 0.450. The van der Waals surface area contributed by atoms with Crippen LogP contribution < -0.4 is 0 Å². The van der Waals surface area contributed by atoms with Gasteiger partial charge in [0, 0.05) is 0 Å². The van der Waals surface area contributed by atoms with Gasteiger partial charge in [-0.15, -0.1) is 0 Å². The Labute approximate surface area is 144 Å². The Balaban J connectivity index is 2.44. The van der Waals surface area contributed by atoms with Gasteiger partial charge in [0.2, 0.25) is 0 Å². The monoisotopic (exact) mass is 330 g/mol. The molecule has 1 heterocycles. The predicted molar refractivity (Wildman–Crippen MR) is 94.3 cm³/mol. The second-order valence-electron chi connectivity index (χ2n) is 6.30. The number of hydrogen-bond acceptors (Lipinski definition) is 4. The molecule has 0 bridgehead atoms. The molecule has 0 aliphatic carbocycles. The third-order valence-electron chi connectivity index (χ3n) is 4.07. The van der Waals surface area contributed by atoms with E-state index in [1.807, 2.05) is 63.3 Å². The topological polar surface area (TPSA) is 44.8 Å². The van der Waals surface area contributed by atoms with Crippen molar-refractivity contribution in [3.8, 4) is 0 Å². The molecule has 0 radical (unpaired) electrons. The van der Waals surface area contributed by atoms with Crippen LogP contribution in [0.1, 0.15) is 33.3 Å². The summed E-state index contributed by atoms with van der Waals surface area (Å²) in [6.07, 6.45) is 3.57. The highest BCUT2D eigenvalue weighted by atomic mass is 16.6. The maximum absolute atomic E-state index is 12.5. The Bertz CT molecular complexity index is 630. The van der Waals surface area contributed by atoms with Crippen molar-refractivity contribution >= 4 is 12.0 Å². The summed E-state index contributed by atoms with van der Waals surface area (Å²) in [7, 11) is 1.57. The van der Waals surface area contributed by atoms with Crippen LogP contribution in [0.25, 0.3) is 6.08 Å². The first-order chi connectivity index (χ1) is 11.4. The number of hydrogen-bond donors (Lipinski definition) is 0. The van der Waals surface area contributed by atoms with Crippen LogP contribution in [0, 0.1) is 5.92 Å². The van der Waals surface area contributed by atoms with Crippen LogP contribution in [-0.2, 0) is 19.0 Å². The van der Waals surface area contributed by atoms with E-state index in [9.17, 15) is 4.79 Å². The van der Waals surface area contributed by atoms with Gasteiger partial charge >= 0.3 is 5.97 Å². The van der Waals surface area contributed by atoms with Crippen molar-refractivity contribution in [2.45, 2.75) is 39.4 Å². The summed E-state index contributed by atoms with van der Waals surface area (Å²) in [6, 6.07) is 9.90. The Morgan fingerprint density at radius 3 is 2.54 bits per heavy atom. The smallest absolute Gasteiger partial charge is 0.340 e. The average Bonchev–Trinajstić information content (AvgIpc) is 2.87. The second-order valence-corrected chi connectivity index (χ2v) is 6.30. The number of methoxy groups -OCH3 is 1. The van der Waals surface area contributed by atoms with Gasteiger partial charge in [0.15, 0.2) is 0 Å². The third-order valence-corrected chi connectivity index (χ3v) is 4.07. The van der Waals surface area contributed by atoms with Crippen LogP contribution >= 0.6 is 0 Å². The van der Waals surface area contributed by atoms with Gasteiger partial charge < -0.3 is 14.2 Å². The number of ether oxygens (including phenoxy) is 3.